The second-order valence-corrected chi connectivity index (χ2v) is 8.56. The third kappa shape index (κ3) is 6.07. The third-order valence-corrected chi connectivity index (χ3v) is 5.66. The van der Waals surface area contributed by atoms with Crippen LogP contribution in [0.15, 0.2) is 47.6 Å². The first-order valence-corrected chi connectivity index (χ1v) is 11.2. The van der Waals surface area contributed by atoms with E-state index in [1.807, 2.05) is 25.3 Å². The maximum absolute atomic E-state index is 13.1. The third-order valence-electron chi connectivity index (χ3n) is 4.72. The summed E-state index contributed by atoms with van der Waals surface area (Å²) in [5.41, 5.74) is 0.812. The van der Waals surface area contributed by atoms with Crippen LogP contribution >= 0.6 is 11.8 Å². The lowest BCUT2D eigenvalue weighted by molar-refractivity contribution is -0.385. The smallest absolute Gasteiger partial charge is 0.274 e. The van der Waals surface area contributed by atoms with E-state index in [-0.39, 0.29) is 29.2 Å². The van der Waals surface area contributed by atoms with Crippen molar-refractivity contribution in [2.75, 3.05) is 11.1 Å². The Hall–Kier alpha value is -3.47. The highest BCUT2D eigenvalue weighted by atomic mass is 32.2. The van der Waals surface area contributed by atoms with E-state index in [9.17, 15) is 19.3 Å². The SMILES string of the molecule is Cc1ccc(NC(=O)CSc2nnc(C(C)Oc3ccc(F)cc3)n2C(C)C)cc1[N+](=O)[O-]. The van der Waals surface area contributed by atoms with Crippen LogP contribution in [0, 0.1) is 22.9 Å². The quantitative estimate of drug-likeness (QED) is 0.262. The number of nitrogens with one attached hydrogen (secondary N) is 1. The molecule has 174 valence electrons. The van der Waals surface area contributed by atoms with Gasteiger partial charge in [-0.2, -0.15) is 0 Å². The minimum atomic E-state index is -0.485. The zero-order valence-corrected chi connectivity index (χ0v) is 19.4. The van der Waals surface area contributed by atoms with Crippen molar-refractivity contribution in [3.63, 3.8) is 0 Å². The summed E-state index contributed by atoms with van der Waals surface area (Å²) < 4.78 is 20.9. The Morgan fingerprint density at radius 3 is 2.55 bits per heavy atom. The van der Waals surface area contributed by atoms with Crippen LogP contribution in [-0.4, -0.2) is 31.3 Å². The van der Waals surface area contributed by atoms with Crippen molar-refractivity contribution in [1.29, 1.82) is 0 Å². The van der Waals surface area contributed by atoms with Crippen molar-refractivity contribution in [3.05, 3.63) is 69.8 Å². The first-order valence-electron chi connectivity index (χ1n) is 10.2. The van der Waals surface area contributed by atoms with Crippen molar-refractivity contribution < 1.29 is 18.8 Å². The predicted molar refractivity (Wildman–Crippen MR) is 123 cm³/mol. The maximum Gasteiger partial charge on any atom is 0.274 e. The van der Waals surface area contributed by atoms with Crippen LogP contribution in [0.5, 0.6) is 5.75 Å². The summed E-state index contributed by atoms with van der Waals surface area (Å²) in [4.78, 5) is 23.0. The number of thioether (sulfide) groups is 1. The summed E-state index contributed by atoms with van der Waals surface area (Å²) in [6.45, 7) is 7.38. The molecule has 1 atom stereocenters. The average Bonchev–Trinajstić information content (AvgIpc) is 3.19. The summed E-state index contributed by atoms with van der Waals surface area (Å²) in [6.07, 6.45) is -0.457. The molecule has 0 saturated carbocycles. The lowest BCUT2D eigenvalue weighted by Crippen LogP contribution is -2.16. The molecule has 0 radical (unpaired) electrons. The van der Waals surface area contributed by atoms with Gasteiger partial charge >= 0.3 is 0 Å². The van der Waals surface area contributed by atoms with Crippen LogP contribution in [0.1, 0.15) is 44.3 Å². The fourth-order valence-electron chi connectivity index (χ4n) is 3.13. The number of aromatic nitrogens is 3. The van der Waals surface area contributed by atoms with Gasteiger partial charge in [0, 0.05) is 23.4 Å². The highest BCUT2D eigenvalue weighted by Gasteiger charge is 2.22. The Balaban J connectivity index is 1.68. The van der Waals surface area contributed by atoms with Crippen LogP contribution in [0.25, 0.3) is 0 Å². The molecule has 11 heteroatoms. The molecule has 0 saturated heterocycles. The molecule has 1 N–H and O–H groups in total. The standard InChI is InChI=1S/C22H24FN5O4S/c1-13(2)27-21(15(4)32-18-9-6-16(23)7-10-18)25-26-22(27)33-12-20(29)24-17-8-5-14(3)19(11-17)28(30)31/h5-11,13,15H,12H2,1-4H3,(H,24,29). The van der Waals surface area contributed by atoms with Gasteiger partial charge in [-0.05, 0) is 58.0 Å². The number of carbonyl (C=O) groups is 1. The van der Waals surface area contributed by atoms with Crippen LogP contribution in [0.4, 0.5) is 15.8 Å². The normalized spacial score (nSPS) is 11.9. The number of anilines is 1. The van der Waals surface area contributed by atoms with Crippen LogP contribution in [0.3, 0.4) is 0 Å². The van der Waals surface area contributed by atoms with Crippen molar-refractivity contribution >= 4 is 29.0 Å². The molecule has 0 fully saturated rings. The van der Waals surface area contributed by atoms with Crippen LogP contribution in [0.2, 0.25) is 0 Å². The first kappa shape index (κ1) is 24.2. The average molecular weight is 474 g/mol. The summed E-state index contributed by atoms with van der Waals surface area (Å²) in [5.74, 6) is 0.445. The first-order chi connectivity index (χ1) is 15.7. The highest BCUT2D eigenvalue weighted by molar-refractivity contribution is 7.99. The van der Waals surface area contributed by atoms with Gasteiger partial charge in [-0.3, -0.25) is 14.9 Å². The number of carbonyl (C=O) groups excluding carboxylic acids is 1. The Kier molecular flexibility index (Phi) is 7.64. The molecule has 1 aromatic heterocycles. The number of nitro benzene ring substituents is 1. The van der Waals surface area contributed by atoms with Gasteiger partial charge in [-0.1, -0.05) is 17.8 Å². The molecule has 0 aliphatic carbocycles. The number of halogens is 1. The van der Waals surface area contributed by atoms with E-state index < -0.39 is 11.0 Å². The van der Waals surface area contributed by atoms with E-state index in [0.717, 1.165) is 0 Å². The number of hydrogen-bond donors (Lipinski definition) is 1. The Morgan fingerprint density at radius 1 is 1.21 bits per heavy atom. The molecular weight excluding hydrogens is 449 g/mol. The molecule has 1 unspecified atom stereocenters. The Morgan fingerprint density at radius 2 is 1.91 bits per heavy atom. The molecule has 0 aliphatic heterocycles. The topological polar surface area (TPSA) is 112 Å². The molecule has 33 heavy (non-hydrogen) atoms. The van der Waals surface area contributed by atoms with Gasteiger partial charge in [0.1, 0.15) is 11.6 Å². The monoisotopic (exact) mass is 473 g/mol. The highest BCUT2D eigenvalue weighted by Crippen LogP contribution is 2.28. The number of benzene rings is 2. The minimum absolute atomic E-state index is 0.000392. The molecule has 2 aromatic carbocycles. The lowest BCUT2D eigenvalue weighted by atomic mass is 10.2. The number of amides is 1. The molecule has 0 bridgehead atoms. The molecule has 1 heterocycles. The van der Waals surface area contributed by atoms with Gasteiger partial charge in [0.05, 0.1) is 10.7 Å². The molecule has 9 nitrogen and oxygen atoms in total. The molecule has 0 aliphatic rings. The Labute approximate surface area is 194 Å². The van der Waals surface area contributed by atoms with E-state index in [4.69, 9.17) is 4.74 Å². The van der Waals surface area contributed by atoms with E-state index >= 15 is 0 Å². The maximum atomic E-state index is 13.1. The fraction of sp³-hybridized carbons (Fsp3) is 0.318. The summed E-state index contributed by atoms with van der Waals surface area (Å²) >= 11 is 1.20. The predicted octanol–water partition coefficient (Wildman–Crippen LogP) is 5.09. The largest absolute Gasteiger partial charge is 0.483 e. The number of nitro groups is 1. The van der Waals surface area contributed by atoms with Gasteiger partial charge in [-0.15, -0.1) is 10.2 Å². The summed E-state index contributed by atoms with van der Waals surface area (Å²) in [6, 6.07) is 10.3. The minimum Gasteiger partial charge on any atom is -0.483 e. The summed E-state index contributed by atoms with van der Waals surface area (Å²) in [7, 11) is 0. The molecule has 0 spiro atoms. The Bertz CT molecular complexity index is 1150. The van der Waals surface area contributed by atoms with Crippen LogP contribution < -0.4 is 10.1 Å². The van der Waals surface area contributed by atoms with E-state index in [2.05, 4.69) is 15.5 Å². The summed E-state index contributed by atoms with van der Waals surface area (Å²) in [5, 5.41) is 22.8. The number of aryl methyl sites for hydroxylation is 1. The second-order valence-electron chi connectivity index (χ2n) is 7.61. The molecular formula is C22H24FN5O4S. The zero-order valence-electron chi connectivity index (χ0n) is 18.6. The van der Waals surface area contributed by atoms with Crippen molar-refractivity contribution in [3.8, 4) is 5.75 Å². The van der Waals surface area contributed by atoms with Crippen molar-refractivity contribution in [2.45, 2.75) is 45.0 Å². The number of ether oxygens (including phenoxy) is 1. The number of rotatable bonds is 9. The number of nitrogens with zero attached hydrogens (tertiary/aromatic N) is 4. The van der Waals surface area contributed by atoms with Crippen molar-refractivity contribution in [2.24, 2.45) is 0 Å². The van der Waals surface area contributed by atoms with Crippen molar-refractivity contribution in [1.82, 2.24) is 14.8 Å². The van der Waals surface area contributed by atoms with Gasteiger partial charge in [-0.25, -0.2) is 4.39 Å². The zero-order chi connectivity index (χ0) is 24.1. The van der Waals surface area contributed by atoms with Gasteiger partial charge in [0.25, 0.3) is 5.69 Å². The van der Waals surface area contributed by atoms with Gasteiger partial charge in [0.2, 0.25) is 5.91 Å². The number of hydrogen-bond acceptors (Lipinski definition) is 7. The van der Waals surface area contributed by atoms with E-state index in [1.165, 1.54) is 42.1 Å². The molecule has 3 aromatic rings. The van der Waals surface area contributed by atoms with Gasteiger partial charge in [0.15, 0.2) is 17.1 Å². The lowest BCUT2D eigenvalue weighted by Gasteiger charge is -2.18. The second kappa shape index (κ2) is 10.4. The van der Waals surface area contributed by atoms with E-state index in [1.54, 1.807) is 19.1 Å². The molecule has 3 rings (SSSR count). The molecule has 1 amide bonds. The fourth-order valence-corrected chi connectivity index (χ4v) is 4.00. The van der Waals surface area contributed by atoms with E-state index in [0.29, 0.717) is 28.0 Å². The van der Waals surface area contributed by atoms with Gasteiger partial charge < -0.3 is 14.6 Å². The van der Waals surface area contributed by atoms with Crippen LogP contribution in [-0.2, 0) is 4.79 Å².